The molecule has 0 fully saturated rings. The van der Waals surface area contributed by atoms with E-state index in [-0.39, 0.29) is 0 Å². The molecule has 15 heavy (non-hydrogen) atoms. The molecular formula is C10H11ClN4. The number of hydrogen-bond donors (Lipinski definition) is 3. The third-order valence-electron chi connectivity index (χ3n) is 2.13. The topological polar surface area (TPSA) is 77.0 Å². The highest BCUT2D eigenvalue weighted by Gasteiger charge is 2.27. The normalized spacial score (nSPS) is 24.5. The van der Waals surface area contributed by atoms with Gasteiger partial charge in [0.05, 0.1) is 11.5 Å². The molecule has 0 bridgehead atoms. The standard InChI is InChI=1S/C10H11ClN4/c11-7-3-5-14-8(6-7)10(13)4-1-2-9(12)15-10/h1-6,15H,12-13H2. The predicted octanol–water partition coefficient (Wildman–Crippen LogP) is 0.806. The molecule has 1 aromatic rings. The summed E-state index contributed by atoms with van der Waals surface area (Å²) in [4.78, 5) is 4.16. The Kier molecular flexibility index (Phi) is 2.38. The van der Waals surface area contributed by atoms with E-state index in [1.165, 1.54) is 0 Å². The van der Waals surface area contributed by atoms with Crippen molar-refractivity contribution in [2.75, 3.05) is 0 Å². The highest BCUT2D eigenvalue weighted by molar-refractivity contribution is 6.30. The van der Waals surface area contributed by atoms with Gasteiger partial charge in [-0.2, -0.15) is 0 Å². The van der Waals surface area contributed by atoms with Crippen LogP contribution in [-0.4, -0.2) is 4.98 Å². The lowest BCUT2D eigenvalue weighted by atomic mass is 10.0. The van der Waals surface area contributed by atoms with Crippen molar-refractivity contribution in [3.8, 4) is 0 Å². The van der Waals surface area contributed by atoms with Crippen LogP contribution in [0.1, 0.15) is 5.69 Å². The van der Waals surface area contributed by atoms with Gasteiger partial charge in [-0.15, -0.1) is 0 Å². The van der Waals surface area contributed by atoms with Crippen LogP contribution in [0.5, 0.6) is 0 Å². The molecule has 0 spiro atoms. The predicted molar refractivity (Wildman–Crippen MR) is 59.7 cm³/mol. The summed E-state index contributed by atoms with van der Waals surface area (Å²) in [6.45, 7) is 0. The Morgan fingerprint density at radius 3 is 2.93 bits per heavy atom. The van der Waals surface area contributed by atoms with Crippen LogP contribution in [-0.2, 0) is 5.66 Å². The summed E-state index contributed by atoms with van der Waals surface area (Å²) in [5, 5.41) is 3.54. The molecule has 0 saturated heterocycles. The van der Waals surface area contributed by atoms with E-state index in [0.29, 0.717) is 16.5 Å². The van der Waals surface area contributed by atoms with Gasteiger partial charge in [0.15, 0.2) is 5.66 Å². The lowest BCUT2D eigenvalue weighted by Crippen LogP contribution is -2.51. The zero-order valence-corrected chi connectivity index (χ0v) is 8.70. The van der Waals surface area contributed by atoms with Crippen molar-refractivity contribution in [3.63, 3.8) is 0 Å². The quantitative estimate of drug-likeness (QED) is 0.657. The molecule has 5 heteroatoms. The van der Waals surface area contributed by atoms with Gasteiger partial charge in [-0.25, -0.2) is 0 Å². The van der Waals surface area contributed by atoms with Crippen molar-refractivity contribution >= 4 is 11.6 Å². The first-order valence-corrected chi connectivity index (χ1v) is 4.82. The van der Waals surface area contributed by atoms with Gasteiger partial charge in [0.25, 0.3) is 0 Å². The maximum absolute atomic E-state index is 6.10. The van der Waals surface area contributed by atoms with E-state index >= 15 is 0 Å². The fourth-order valence-corrected chi connectivity index (χ4v) is 1.57. The van der Waals surface area contributed by atoms with Crippen molar-refractivity contribution in [2.24, 2.45) is 11.5 Å². The van der Waals surface area contributed by atoms with Crippen LogP contribution in [0.15, 0.2) is 42.4 Å². The second-order valence-electron chi connectivity index (χ2n) is 3.33. The molecule has 5 N–H and O–H groups in total. The van der Waals surface area contributed by atoms with Crippen molar-refractivity contribution in [1.29, 1.82) is 0 Å². The molecule has 0 aliphatic carbocycles. The molecule has 0 radical (unpaired) electrons. The number of halogens is 1. The molecule has 4 nitrogen and oxygen atoms in total. The molecule has 1 aliphatic heterocycles. The van der Waals surface area contributed by atoms with Gasteiger partial charge < -0.3 is 16.8 Å². The van der Waals surface area contributed by atoms with Crippen molar-refractivity contribution in [3.05, 3.63) is 53.1 Å². The number of allylic oxidation sites excluding steroid dienone is 2. The monoisotopic (exact) mass is 222 g/mol. The van der Waals surface area contributed by atoms with Crippen LogP contribution in [0.25, 0.3) is 0 Å². The number of aromatic nitrogens is 1. The van der Waals surface area contributed by atoms with Gasteiger partial charge in [0, 0.05) is 11.2 Å². The molecule has 2 heterocycles. The summed E-state index contributed by atoms with van der Waals surface area (Å²) in [6.07, 6.45) is 6.91. The van der Waals surface area contributed by atoms with Crippen LogP contribution >= 0.6 is 11.6 Å². The molecule has 1 unspecified atom stereocenters. The molecule has 1 atom stereocenters. The van der Waals surface area contributed by atoms with E-state index in [4.69, 9.17) is 23.1 Å². The van der Waals surface area contributed by atoms with Crippen LogP contribution in [0, 0.1) is 0 Å². The third-order valence-corrected chi connectivity index (χ3v) is 2.37. The Labute approximate surface area is 92.6 Å². The van der Waals surface area contributed by atoms with Crippen LogP contribution in [0.4, 0.5) is 0 Å². The second-order valence-corrected chi connectivity index (χ2v) is 3.77. The number of nitrogens with zero attached hydrogens (tertiary/aromatic N) is 1. The molecule has 0 amide bonds. The fraction of sp³-hybridized carbons (Fsp3) is 0.100. The number of nitrogens with two attached hydrogens (primary N) is 2. The Balaban J connectivity index is 2.39. The van der Waals surface area contributed by atoms with E-state index in [1.54, 1.807) is 36.6 Å². The minimum absolute atomic E-state index is 0.502. The molecule has 0 aromatic carbocycles. The van der Waals surface area contributed by atoms with Gasteiger partial charge >= 0.3 is 0 Å². The number of hydrogen-bond acceptors (Lipinski definition) is 4. The summed E-state index contributed by atoms with van der Waals surface area (Å²) in [5.74, 6) is 0.502. The minimum Gasteiger partial charge on any atom is -0.385 e. The average Bonchev–Trinajstić information content (AvgIpc) is 2.17. The third kappa shape index (κ3) is 1.95. The van der Waals surface area contributed by atoms with Gasteiger partial charge in [-0.3, -0.25) is 4.98 Å². The van der Waals surface area contributed by atoms with E-state index in [1.807, 2.05) is 0 Å². The first kappa shape index (κ1) is 10.0. The maximum Gasteiger partial charge on any atom is 0.150 e. The molecule has 0 saturated carbocycles. The second kappa shape index (κ2) is 3.56. The van der Waals surface area contributed by atoms with E-state index in [2.05, 4.69) is 10.3 Å². The van der Waals surface area contributed by atoms with E-state index < -0.39 is 5.66 Å². The highest BCUT2D eigenvalue weighted by atomic mass is 35.5. The number of pyridine rings is 1. The van der Waals surface area contributed by atoms with Crippen LogP contribution in [0.3, 0.4) is 0 Å². The van der Waals surface area contributed by atoms with E-state index in [9.17, 15) is 0 Å². The lowest BCUT2D eigenvalue weighted by Gasteiger charge is -2.30. The van der Waals surface area contributed by atoms with E-state index in [0.717, 1.165) is 0 Å². The minimum atomic E-state index is -0.885. The summed E-state index contributed by atoms with van der Waals surface area (Å²) < 4.78 is 0. The van der Waals surface area contributed by atoms with Gasteiger partial charge in [-0.1, -0.05) is 17.7 Å². The van der Waals surface area contributed by atoms with Crippen molar-refractivity contribution < 1.29 is 0 Å². The highest BCUT2D eigenvalue weighted by Crippen LogP contribution is 2.20. The summed E-state index contributed by atoms with van der Waals surface area (Å²) in [6, 6.07) is 3.40. The van der Waals surface area contributed by atoms with Crippen molar-refractivity contribution in [1.82, 2.24) is 10.3 Å². The average molecular weight is 223 g/mol. The Bertz CT molecular complexity index is 441. The van der Waals surface area contributed by atoms with Gasteiger partial charge in [0.2, 0.25) is 0 Å². The number of rotatable bonds is 1. The lowest BCUT2D eigenvalue weighted by molar-refractivity contribution is 0.458. The Morgan fingerprint density at radius 1 is 1.47 bits per heavy atom. The van der Waals surface area contributed by atoms with Crippen molar-refractivity contribution in [2.45, 2.75) is 5.66 Å². The van der Waals surface area contributed by atoms with Gasteiger partial charge in [-0.05, 0) is 24.3 Å². The molecule has 2 rings (SSSR count). The Morgan fingerprint density at radius 2 is 2.27 bits per heavy atom. The first-order valence-electron chi connectivity index (χ1n) is 4.44. The summed E-state index contributed by atoms with van der Waals surface area (Å²) >= 11 is 5.87. The van der Waals surface area contributed by atoms with Crippen LogP contribution < -0.4 is 16.8 Å². The smallest absolute Gasteiger partial charge is 0.150 e. The summed E-state index contributed by atoms with van der Waals surface area (Å²) in [7, 11) is 0. The summed E-state index contributed by atoms with van der Waals surface area (Å²) in [5.41, 5.74) is 11.5. The molecular weight excluding hydrogens is 212 g/mol. The fourth-order valence-electron chi connectivity index (χ4n) is 1.41. The number of nitrogens with one attached hydrogen (secondary N) is 1. The zero-order chi connectivity index (χ0) is 10.9. The molecule has 1 aliphatic rings. The molecule has 1 aromatic heterocycles. The largest absolute Gasteiger partial charge is 0.385 e. The number of dihydropyridines is 1. The maximum atomic E-state index is 6.10. The SMILES string of the molecule is NC1=CC=CC(N)(c2cc(Cl)ccn2)N1. The molecule has 78 valence electrons. The van der Waals surface area contributed by atoms with Crippen LogP contribution in [0.2, 0.25) is 5.02 Å². The Hall–Kier alpha value is -1.52. The first-order chi connectivity index (χ1) is 7.10. The zero-order valence-electron chi connectivity index (χ0n) is 7.94. The van der Waals surface area contributed by atoms with Gasteiger partial charge in [0.1, 0.15) is 0 Å².